The molecule has 134 valence electrons. The Morgan fingerprint density at radius 1 is 1.16 bits per heavy atom. The van der Waals surface area contributed by atoms with Crippen molar-refractivity contribution in [3.8, 4) is 17.2 Å². The van der Waals surface area contributed by atoms with E-state index in [2.05, 4.69) is 15.9 Å². The predicted molar refractivity (Wildman–Crippen MR) is 98.1 cm³/mol. The summed E-state index contributed by atoms with van der Waals surface area (Å²) in [7, 11) is 4.58. The molecule has 0 saturated heterocycles. The van der Waals surface area contributed by atoms with Crippen LogP contribution < -0.4 is 14.2 Å². The van der Waals surface area contributed by atoms with Gasteiger partial charge in [0.15, 0.2) is 11.5 Å². The number of methoxy groups -OCH3 is 3. The molecule has 0 unspecified atom stereocenters. The fourth-order valence-corrected chi connectivity index (χ4v) is 2.98. The summed E-state index contributed by atoms with van der Waals surface area (Å²) in [5.74, 6) is 0.810. The fraction of sp³-hybridized carbons (Fsp3) is 0.333. The largest absolute Gasteiger partial charge is 0.493 e. The summed E-state index contributed by atoms with van der Waals surface area (Å²) in [5.41, 5.74) is 1.14. The van der Waals surface area contributed by atoms with Crippen molar-refractivity contribution in [2.75, 3.05) is 27.9 Å². The summed E-state index contributed by atoms with van der Waals surface area (Å²) in [4.78, 5) is 25.9. The van der Waals surface area contributed by atoms with Gasteiger partial charge in [-0.3, -0.25) is 14.5 Å². The molecule has 0 atom stereocenters. The lowest BCUT2D eigenvalue weighted by Crippen LogP contribution is -2.40. The number of nitrogens with zero attached hydrogens (tertiary/aromatic N) is 1. The van der Waals surface area contributed by atoms with Crippen molar-refractivity contribution in [2.24, 2.45) is 0 Å². The van der Waals surface area contributed by atoms with Gasteiger partial charge < -0.3 is 14.2 Å². The SMILES string of the molecule is COc1cc(/C=C(\C)C(=O)N2CCC=C(Br)C2=O)cc(OC)c1OC. The zero-order valence-electron chi connectivity index (χ0n) is 14.6. The van der Waals surface area contributed by atoms with Gasteiger partial charge in [-0.1, -0.05) is 6.08 Å². The average molecular weight is 410 g/mol. The Kier molecular flexibility index (Phi) is 6.25. The van der Waals surface area contributed by atoms with E-state index in [9.17, 15) is 9.59 Å². The third-order valence-electron chi connectivity index (χ3n) is 3.78. The number of ether oxygens (including phenoxy) is 3. The molecule has 2 amide bonds. The Balaban J connectivity index is 2.34. The second kappa shape index (κ2) is 8.20. The summed E-state index contributed by atoms with van der Waals surface area (Å²) in [6, 6.07) is 3.48. The van der Waals surface area contributed by atoms with Gasteiger partial charge in [-0.25, -0.2) is 0 Å². The van der Waals surface area contributed by atoms with Gasteiger partial charge in [0.25, 0.3) is 11.8 Å². The third-order valence-corrected chi connectivity index (χ3v) is 4.44. The molecule has 25 heavy (non-hydrogen) atoms. The molecule has 1 aromatic rings. The van der Waals surface area contributed by atoms with Gasteiger partial charge in [-0.2, -0.15) is 0 Å². The topological polar surface area (TPSA) is 65.1 Å². The number of rotatable bonds is 5. The lowest BCUT2D eigenvalue weighted by atomic mass is 10.1. The molecule has 0 aromatic heterocycles. The van der Waals surface area contributed by atoms with Crippen LogP contribution in [0.4, 0.5) is 0 Å². The molecule has 0 saturated carbocycles. The van der Waals surface area contributed by atoms with Gasteiger partial charge in [-0.05, 0) is 53.0 Å². The molecule has 0 aliphatic carbocycles. The number of benzene rings is 1. The van der Waals surface area contributed by atoms with Gasteiger partial charge in [0.05, 0.1) is 25.8 Å². The molecule has 6 nitrogen and oxygen atoms in total. The van der Waals surface area contributed by atoms with Crippen molar-refractivity contribution in [1.82, 2.24) is 4.90 Å². The Morgan fingerprint density at radius 3 is 2.28 bits per heavy atom. The van der Waals surface area contributed by atoms with Gasteiger partial charge in [0.2, 0.25) is 5.75 Å². The first-order chi connectivity index (χ1) is 11.9. The highest BCUT2D eigenvalue weighted by molar-refractivity contribution is 9.12. The van der Waals surface area contributed by atoms with E-state index in [1.54, 1.807) is 31.2 Å². The Morgan fingerprint density at radius 2 is 1.76 bits per heavy atom. The molecule has 1 aliphatic rings. The molecule has 1 aliphatic heterocycles. The molecular formula is C18H20BrNO5. The van der Waals surface area contributed by atoms with E-state index < -0.39 is 0 Å². The van der Waals surface area contributed by atoms with Gasteiger partial charge in [0, 0.05) is 12.1 Å². The smallest absolute Gasteiger partial charge is 0.267 e. The van der Waals surface area contributed by atoms with Gasteiger partial charge in [-0.15, -0.1) is 0 Å². The van der Waals surface area contributed by atoms with Crippen LogP contribution in [-0.2, 0) is 9.59 Å². The molecule has 0 bridgehead atoms. The number of halogens is 1. The van der Waals surface area contributed by atoms with Crippen molar-refractivity contribution in [3.63, 3.8) is 0 Å². The minimum atomic E-state index is -0.330. The van der Waals surface area contributed by atoms with E-state index in [4.69, 9.17) is 14.2 Å². The van der Waals surface area contributed by atoms with E-state index in [1.165, 1.54) is 26.2 Å². The maximum absolute atomic E-state index is 12.6. The lowest BCUT2D eigenvalue weighted by Gasteiger charge is -2.23. The van der Waals surface area contributed by atoms with Gasteiger partial charge in [0.1, 0.15) is 0 Å². The van der Waals surface area contributed by atoms with E-state index in [-0.39, 0.29) is 11.8 Å². The van der Waals surface area contributed by atoms with Crippen LogP contribution in [0.1, 0.15) is 18.9 Å². The molecule has 0 fully saturated rings. The number of carbonyl (C=O) groups is 2. The number of hydrogen-bond donors (Lipinski definition) is 0. The van der Waals surface area contributed by atoms with Crippen LogP contribution in [0.3, 0.4) is 0 Å². The van der Waals surface area contributed by atoms with E-state index in [0.29, 0.717) is 45.8 Å². The molecule has 7 heteroatoms. The van der Waals surface area contributed by atoms with Crippen LogP contribution in [0.25, 0.3) is 6.08 Å². The number of imide groups is 1. The maximum Gasteiger partial charge on any atom is 0.267 e. The summed E-state index contributed by atoms with van der Waals surface area (Å²) in [5, 5.41) is 0. The second-order valence-electron chi connectivity index (χ2n) is 5.39. The van der Waals surface area contributed by atoms with Crippen LogP contribution in [-0.4, -0.2) is 44.6 Å². The standard InChI is InChI=1S/C18H20BrNO5/c1-11(17(21)20-7-5-6-13(19)18(20)22)8-12-9-14(23-2)16(25-4)15(10-12)24-3/h6,8-10H,5,7H2,1-4H3/b11-8+. The predicted octanol–water partition coefficient (Wildman–Crippen LogP) is 3.15. The third kappa shape index (κ3) is 4.04. The van der Waals surface area contributed by atoms with Crippen LogP contribution in [0.2, 0.25) is 0 Å². The van der Waals surface area contributed by atoms with Crippen molar-refractivity contribution < 1.29 is 23.8 Å². The maximum atomic E-state index is 12.6. The number of amides is 2. The van der Waals surface area contributed by atoms with E-state index in [1.807, 2.05) is 0 Å². The Hall–Kier alpha value is -2.28. The van der Waals surface area contributed by atoms with Crippen LogP contribution in [0.15, 0.2) is 28.3 Å². The lowest BCUT2D eigenvalue weighted by molar-refractivity contribution is -0.139. The first-order valence-corrected chi connectivity index (χ1v) is 8.42. The molecule has 1 heterocycles. The highest BCUT2D eigenvalue weighted by atomic mass is 79.9. The normalized spacial score (nSPS) is 14.9. The van der Waals surface area contributed by atoms with E-state index in [0.717, 1.165) is 0 Å². The Labute approximate surface area is 155 Å². The first kappa shape index (κ1) is 19.1. The highest BCUT2D eigenvalue weighted by Gasteiger charge is 2.26. The summed E-state index contributed by atoms with van der Waals surface area (Å²) >= 11 is 3.18. The van der Waals surface area contributed by atoms with Crippen molar-refractivity contribution in [2.45, 2.75) is 13.3 Å². The number of carbonyl (C=O) groups excluding carboxylic acids is 2. The average Bonchev–Trinajstić information content (AvgIpc) is 2.62. The van der Waals surface area contributed by atoms with E-state index >= 15 is 0 Å². The molecule has 2 rings (SSSR count). The summed E-state index contributed by atoms with van der Waals surface area (Å²) < 4.78 is 16.3. The fourth-order valence-electron chi connectivity index (χ4n) is 2.54. The molecular weight excluding hydrogens is 390 g/mol. The van der Waals surface area contributed by atoms with Gasteiger partial charge >= 0.3 is 0 Å². The molecule has 0 radical (unpaired) electrons. The monoisotopic (exact) mass is 409 g/mol. The highest BCUT2D eigenvalue weighted by Crippen LogP contribution is 2.38. The zero-order chi connectivity index (χ0) is 18.6. The minimum Gasteiger partial charge on any atom is -0.493 e. The zero-order valence-corrected chi connectivity index (χ0v) is 16.2. The van der Waals surface area contributed by atoms with Crippen LogP contribution in [0.5, 0.6) is 17.2 Å². The first-order valence-electron chi connectivity index (χ1n) is 7.63. The molecule has 0 N–H and O–H groups in total. The van der Waals surface area contributed by atoms with Crippen molar-refractivity contribution in [3.05, 3.63) is 33.8 Å². The summed E-state index contributed by atoms with van der Waals surface area (Å²) in [6.45, 7) is 2.04. The quantitative estimate of drug-likeness (QED) is 0.698. The van der Waals surface area contributed by atoms with Crippen molar-refractivity contribution >= 4 is 33.8 Å². The Bertz CT molecular complexity index is 729. The molecule has 0 spiro atoms. The van der Waals surface area contributed by atoms with Crippen molar-refractivity contribution in [1.29, 1.82) is 0 Å². The molecule has 1 aromatic carbocycles. The second-order valence-corrected chi connectivity index (χ2v) is 6.24. The van der Waals surface area contributed by atoms with Crippen LogP contribution >= 0.6 is 15.9 Å². The number of hydrogen-bond acceptors (Lipinski definition) is 5. The summed E-state index contributed by atoms with van der Waals surface area (Å²) in [6.07, 6.45) is 4.09. The van der Waals surface area contributed by atoms with Crippen LogP contribution in [0, 0.1) is 0 Å². The minimum absolute atomic E-state index is 0.325.